The zero-order valence-corrected chi connectivity index (χ0v) is 12.6. The first kappa shape index (κ1) is 13.7. The number of benzene rings is 1. The molecule has 4 rings (SSSR count). The van der Waals surface area contributed by atoms with Crippen LogP contribution in [0.3, 0.4) is 0 Å². The lowest BCUT2D eigenvalue weighted by Gasteiger charge is -2.35. The standard InChI is InChI=1S/C17H21N5/c1-2-5-14(6-3-1)15-13-16(15)21-9-11-22(12-10-21)20-17-18-7-4-8-19-17/h1-8,15-16H,9-13H2,(H,18,19,20). The van der Waals surface area contributed by atoms with Crippen molar-refractivity contribution in [2.75, 3.05) is 31.6 Å². The molecule has 2 aromatic rings. The van der Waals surface area contributed by atoms with Crippen molar-refractivity contribution in [1.82, 2.24) is 19.9 Å². The molecule has 2 unspecified atom stereocenters. The van der Waals surface area contributed by atoms with Gasteiger partial charge >= 0.3 is 0 Å². The molecular formula is C17H21N5. The Labute approximate surface area is 131 Å². The lowest BCUT2D eigenvalue weighted by Crippen LogP contribution is -2.49. The lowest BCUT2D eigenvalue weighted by molar-refractivity contribution is 0.143. The fourth-order valence-electron chi connectivity index (χ4n) is 3.31. The van der Waals surface area contributed by atoms with E-state index in [2.05, 4.69) is 55.6 Å². The highest BCUT2D eigenvalue weighted by molar-refractivity contribution is 5.28. The number of anilines is 1. The smallest absolute Gasteiger partial charge is 0.237 e. The van der Waals surface area contributed by atoms with E-state index >= 15 is 0 Å². The van der Waals surface area contributed by atoms with Gasteiger partial charge in [0, 0.05) is 50.5 Å². The molecule has 1 aliphatic carbocycles. The van der Waals surface area contributed by atoms with Gasteiger partial charge in [0.1, 0.15) is 0 Å². The average Bonchev–Trinajstić information content (AvgIpc) is 3.38. The molecule has 22 heavy (non-hydrogen) atoms. The lowest BCUT2D eigenvalue weighted by atomic mass is 10.1. The zero-order valence-electron chi connectivity index (χ0n) is 12.6. The highest BCUT2D eigenvalue weighted by Gasteiger charge is 2.43. The summed E-state index contributed by atoms with van der Waals surface area (Å²) in [7, 11) is 0. The molecule has 1 N–H and O–H groups in total. The number of nitrogens with one attached hydrogen (secondary N) is 1. The second-order valence-electron chi connectivity index (χ2n) is 6.03. The van der Waals surface area contributed by atoms with E-state index in [0.717, 1.165) is 38.1 Å². The van der Waals surface area contributed by atoms with Crippen LogP contribution in [0.25, 0.3) is 0 Å². The molecule has 5 nitrogen and oxygen atoms in total. The number of aromatic nitrogens is 2. The summed E-state index contributed by atoms with van der Waals surface area (Å²) in [5.74, 6) is 1.42. The Kier molecular flexibility index (Phi) is 3.74. The van der Waals surface area contributed by atoms with Crippen molar-refractivity contribution in [2.45, 2.75) is 18.4 Å². The Morgan fingerprint density at radius 2 is 1.64 bits per heavy atom. The predicted octanol–water partition coefficient (Wildman–Crippen LogP) is 1.98. The Hall–Kier alpha value is -1.98. The first-order valence-corrected chi connectivity index (χ1v) is 7.98. The van der Waals surface area contributed by atoms with E-state index in [1.165, 1.54) is 12.0 Å². The van der Waals surface area contributed by atoms with Crippen LogP contribution in [-0.4, -0.2) is 52.1 Å². The van der Waals surface area contributed by atoms with Gasteiger partial charge in [0.2, 0.25) is 5.95 Å². The molecule has 2 fully saturated rings. The summed E-state index contributed by atoms with van der Waals surface area (Å²) in [5.41, 5.74) is 4.78. The molecule has 0 amide bonds. The fourth-order valence-corrected chi connectivity index (χ4v) is 3.31. The second-order valence-corrected chi connectivity index (χ2v) is 6.03. The topological polar surface area (TPSA) is 44.3 Å². The normalized spacial score (nSPS) is 25.8. The van der Waals surface area contributed by atoms with E-state index in [4.69, 9.17) is 0 Å². The van der Waals surface area contributed by atoms with E-state index in [9.17, 15) is 0 Å². The maximum absolute atomic E-state index is 4.21. The molecule has 5 heteroatoms. The molecule has 2 atom stereocenters. The Bertz CT molecular complexity index is 595. The van der Waals surface area contributed by atoms with Gasteiger partial charge in [-0.05, 0) is 18.1 Å². The first-order valence-electron chi connectivity index (χ1n) is 7.98. The average molecular weight is 295 g/mol. The van der Waals surface area contributed by atoms with Crippen molar-refractivity contribution in [3.05, 3.63) is 54.4 Å². The van der Waals surface area contributed by atoms with Gasteiger partial charge in [-0.2, -0.15) is 0 Å². The molecule has 1 aromatic heterocycles. The summed E-state index contributed by atoms with van der Waals surface area (Å²) >= 11 is 0. The molecule has 1 aliphatic heterocycles. The van der Waals surface area contributed by atoms with Gasteiger partial charge in [-0.25, -0.2) is 15.0 Å². The van der Waals surface area contributed by atoms with Crippen LogP contribution in [0.1, 0.15) is 17.9 Å². The second kappa shape index (κ2) is 6.02. The number of hydrogen-bond donors (Lipinski definition) is 1. The van der Waals surface area contributed by atoms with Crippen LogP contribution in [0, 0.1) is 0 Å². The minimum Gasteiger partial charge on any atom is -0.297 e. The zero-order chi connectivity index (χ0) is 14.8. The van der Waals surface area contributed by atoms with Crippen molar-refractivity contribution in [3.63, 3.8) is 0 Å². The van der Waals surface area contributed by atoms with Gasteiger partial charge in [-0.1, -0.05) is 30.3 Å². The maximum Gasteiger partial charge on any atom is 0.237 e. The minimum absolute atomic E-state index is 0.685. The third-order valence-corrected chi connectivity index (χ3v) is 4.59. The van der Waals surface area contributed by atoms with Crippen LogP contribution in [0.5, 0.6) is 0 Å². The molecule has 2 aliphatic rings. The van der Waals surface area contributed by atoms with Crippen molar-refractivity contribution < 1.29 is 0 Å². The largest absolute Gasteiger partial charge is 0.297 e. The van der Waals surface area contributed by atoms with Crippen molar-refractivity contribution in [3.8, 4) is 0 Å². The number of rotatable bonds is 4. The number of piperazine rings is 1. The van der Waals surface area contributed by atoms with E-state index in [-0.39, 0.29) is 0 Å². The molecule has 2 heterocycles. The third-order valence-electron chi connectivity index (χ3n) is 4.59. The van der Waals surface area contributed by atoms with Crippen LogP contribution in [-0.2, 0) is 0 Å². The Morgan fingerprint density at radius 3 is 2.36 bits per heavy atom. The Balaban J connectivity index is 1.28. The van der Waals surface area contributed by atoms with E-state index in [1.54, 1.807) is 12.4 Å². The SMILES string of the molecule is c1ccc(C2CC2N2CCN(Nc3ncccn3)CC2)cc1. The molecule has 1 aromatic carbocycles. The van der Waals surface area contributed by atoms with Gasteiger partial charge in [0.05, 0.1) is 0 Å². The summed E-state index contributed by atoms with van der Waals surface area (Å²) in [6.45, 7) is 4.23. The van der Waals surface area contributed by atoms with Gasteiger partial charge in [-0.3, -0.25) is 10.3 Å². The minimum atomic E-state index is 0.685. The van der Waals surface area contributed by atoms with Crippen molar-refractivity contribution in [1.29, 1.82) is 0 Å². The summed E-state index contributed by atoms with van der Waals surface area (Å²) in [4.78, 5) is 11.1. The maximum atomic E-state index is 4.21. The molecule has 0 radical (unpaired) electrons. The molecule has 114 valence electrons. The van der Waals surface area contributed by atoms with E-state index < -0.39 is 0 Å². The molecule has 0 spiro atoms. The molecular weight excluding hydrogens is 274 g/mol. The highest BCUT2D eigenvalue weighted by Crippen LogP contribution is 2.44. The summed E-state index contributed by atoms with van der Waals surface area (Å²) in [5, 5.41) is 2.21. The predicted molar refractivity (Wildman–Crippen MR) is 86.4 cm³/mol. The molecule has 1 saturated carbocycles. The van der Waals surface area contributed by atoms with Gasteiger partial charge < -0.3 is 0 Å². The highest BCUT2D eigenvalue weighted by atomic mass is 15.6. The van der Waals surface area contributed by atoms with Crippen LogP contribution in [0.2, 0.25) is 0 Å². The van der Waals surface area contributed by atoms with Crippen molar-refractivity contribution in [2.24, 2.45) is 0 Å². The monoisotopic (exact) mass is 295 g/mol. The van der Waals surface area contributed by atoms with Crippen LogP contribution < -0.4 is 5.43 Å². The number of nitrogens with zero attached hydrogens (tertiary/aromatic N) is 4. The quantitative estimate of drug-likeness (QED) is 0.934. The molecule has 1 saturated heterocycles. The van der Waals surface area contributed by atoms with Gasteiger partial charge in [0.25, 0.3) is 0 Å². The van der Waals surface area contributed by atoms with Crippen LogP contribution in [0.15, 0.2) is 48.8 Å². The summed E-state index contributed by atoms with van der Waals surface area (Å²) in [6, 6.07) is 13.5. The number of hydrazine groups is 1. The summed E-state index contributed by atoms with van der Waals surface area (Å²) < 4.78 is 0. The molecule has 0 bridgehead atoms. The van der Waals surface area contributed by atoms with Crippen LogP contribution >= 0.6 is 0 Å². The first-order chi connectivity index (χ1) is 10.9. The van der Waals surface area contributed by atoms with Crippen LogP contribution in [0.4, 0.5) is 5.95 Å². The summed E-state index contributed by atoms with van der Waals surface area (Å²) in [6.07, 6.45) is 4.83. The fraction of sp³-hybridized carbons (Fsp3) is 0.412. The van der Waals surface area contributed by atoms with E-state index in [1.807, 2.05) is 6.07 Å². The van der Waals surface area contributed by atoms with Crippen molar-refractivity contribution >= 4 is 5.95 Å². The third kappa shape index (κ3) is 2.96. The van der Waals surface area contributed by atoms with Gasteiger partial charge in [0.15, 0.2) is 0 Å². The number of hydrogen-bond acceptors (Lipinski definition) is 5. The Morgan fingerprint density at radius 1 is 0.909 bits per heavy atom. The van der Waals surface area contributed by atoms with Gasteiger partial charge in [-0.15, -0.1) is 0 Å². The van der Waals surface area contributed by atoms with E-state index in [0.29, 0.717) is 5.95 Å².